The van der Waals surface area contributed by atoms with Crippen molar-refractivity contribution in [3.05, 3.63) is 29.3 Å². The quantitative estimate of drug-likeness (QED) is 0.724. The lowest BCUT2D eigenvalue weighted by Gasteiger charge is -2.14. The highest BCUT2D eigenvalue weighted by molar-refractivity contribution is 7.91. The van der Waals surface area contributed by atoms with Crippen LogP contribution in [-0.2, 0) is 16.0 Å². The molecule has 8 heteroatoms. The van der Waals surface area contributed by atoms with E-state index in [1.807, 2.05) is 0 Å². The molecule has 0 aromatic heterocycles. The molecule has 0 N–H and O–H groups in total. The average molecular weight is 324 g/mol. The number of aldehydes is 1. The van der Waals surface area contributed by atoms with Gasteiger partial charge in [0.15, 0.2) is 9.84 Å². The van der Waals surface area contributed by atoms with Crippen LogP contribution >= 0.6 is 0 Å². The molecule has 0 atom stereocenters. The molecule has 0 saturated carbocycles. The lowest BCUT2D eigenvalue weighted by Crippen LogP contribution is -2.18. The number of halogens is 3. The van der Waals surface area contributed by atoms with Gasteiger partial charge in [-0.25, -0.2) is 8.42 Å². The van der Waals surface area contributed by atoms with Gasteiger partial charge in [-0.1, -0.05) is 6.92 Å². The van der Waals surface area contributed by atoms with Crippen molar-refractivity contribution in [3.8, 4) is 5.75 Å². The first-order chi connectivity index (χ1) is 9.69. The van der Waals surface area contributed by atoms with Gasteiger partial charge in [-0.2, -0.15) is 13.2 Å². The van der Waals surface area contributed by atoms with E-state index in [1.165, 1.54) is 6.07 Å². The first-order valence-electron chi connectivity index (χ1n) is 6.19. The first-order valence-corrected chi connectivity index (χ1v) is 8.01. The molecular weight excluding hydrogens is 309 g/mol. The number of rotatable bonds is 7. The summed E-state index contributed by atoms with van der Waals surface area (Å²) in [6, 6.07) is 2.86. The minimum Gasteiger partial charge on any atom is -0.492 e. The van der Waals surface area contributed by atoms with Crippen LogP contribution in [0.25, 0.3) is 0 Å². The number of alkyl halides is 3. The SMILES string of the molecule is CCCS(=O)(=O)CCOc1ccc(C=O)cc1C(F)(F)F. The van der Waals surface area contributed by atoms with Gasteiger partial charge in [0, 0.05) is 5.56 Å². The van der Waals surface area contributed by atoms with Gasteiger partial charge in [-0.05, 0) is 24.6 Å². The van der Waals surface area contributed by atoms with Crippen molar-refractivity contribution in [1.82, 2.24) is 0 Å². The highest BCUT2D eigenvalue weighted by atomic mass is 32.2. The molecule has 1 rings (SSSR count). The summed E-state index contributed by atoms with van der Waals surface area (Å²) in [6.07, 6.45) is -3.95. The Kier molecular flexibility index (Phi) is 5.77. The monoisotopic (exact) mass is 324 g/mol. The summed E-state index contributed by atoms with van der Waals surface area (Å²) in [5.41, 5.74) is -1.23. The lowest BCUT2D eigenvalue weighted by atomic mass is 10.1. The molecule has 0 amide bonds. The largest absolute Gasteiger partial charge is 0.492 e. The molecule has 0 fully saturated rings. The lowest BCUT2D eigenvalue weighted by molar-refractivity contribution is -0.138. The molecule has 0 spiro atoms. The number of carbonyl (C=O) groups is 1. The van der Waals surface area contributed by atoms with Crippen molar-refractivity contribution in [2.75, 3.05) is 18.1 Å². The Balaban J connectivity index is 2.86. The zero-order chi connectivity index (χ0) is 16.1. The van der Waals surface area contributed by atoms with Gasteiger partial charge in [0.05, 0.1) is 17.1 Å². The number of hydrogen-bond acceptors (Lipinski definition) is 4. The number of benzene rings is 1. The van der Waals surface area contributed by atoms with Crippen LogP contribution in [0.1, 0.15) is 29.3 Å². The Labute approximate surface area is 120 Å². The van der Waals surface area contributed by atoms with Crippen molar-refractivity contribution >= 4 is 16.1 Å². The van der Waals surface area contributed by atoms with Crippen LogP contribution in [0.4, 0.5) is 13.2 Å². The maximum absolute atomic E-state index is 12.8. The summed E-state index contributed by atoms with van der Waals surface area (Å²) in [4.78, 5) is 10.5. The van der Waals surface area contributed by atoms with Gasteiger partial charge in [0.25, 0.3) is 0 Å². The summed E-state index contributed by atoms with van der Waals surface area (Å²) in [5.74, 6) is -0.875. The first kappa shape index (κ1) is 17.5. The Bertz CT molecular complexity index is 594. The third-order valence-corrected chi connectivity index (χ3v) is 4.43. The molecule has 0 aliphatic carbocycles. The fourth-order valence-electron chi connectivity index (χ4n) is 1.66. The van der Waals surface area contributed by atoms with E-state index in [4.69, 9.17) is 4.74 Å². The van der Waals surface area contributed by atoms with Crippen LogP contribution < -0.4 is 4.74 Å². The zero-order valence-electron chi connectivity index (χ0n) is 11.3. The van der Waals surface area contributed by atoms with E-state index in [0.717, 1.165) is 6.07 Å². The van der Waals surface area contributed by atoms with Gasteiger partial charge in [0.1, 0.15) is 18.6 Å². The maximum Gasteiger partial charge on any atom is 0.419 e. The van der Waals surface area contributed by atoms with Gasteiger partial charge in [0.2, 0.25) is 0 Å². The Morgan fingerprint density at radius 2 is 1.90 bits per heavy atom. The smallest absolute Gasteiger partial charge is 0.419 e. The highest BCUT2D eigenvalue weighted by Crippen LogP contribution is 2.36. The van der Waals surface area contributed by atoms with Crippen molar-refractivity contribution in [3.63, 3.8) is 0 Å². The van der Waals surface area contributed by atoms with Crippen molar-refractivity contribution in [2.45, 2.75) is 19.5 Å². The van der Waals surface area contributed by atoms with E-state index in [2.05, 4.69) is 0 Å². The number of carbonyl (C=O) groups excluding carboxylic acids is 1. The van der Waals surface area contributed by atoms with Crippen LogP contribution in [0, 0.1) is 0 Å². The number of sulfone groups is 1. The van der Waals surface area contributed by atoms with E-state index < -0.39 is 27.3 Å². The molecule has 0 unspecified atom stereocenters. The van der Waals surface area contributed by atoms with Crippen molar-refractivity contribution < 1.29 is 31.1 Å². The second-order valence-electron chi connectivity index (χ2n) is 4.37. The molecule has 0 saturated heterocycles. The predicted molar refractivity (Wildman–Crippen MR) is 71.3 cm³/mol. The van der Waals surface area contributed by atoms with Gasteiger partial charge in [-0.3, -0.25) is 4.79 Å². The van der Waals surface area contributed by atoms with Crippen LogP contribution in [0.3, 0.4) is 0 Å². The fraction of sp³-hybridized carbons (Fsp3) is 0.462. The van der Waals surface area contributed by atoms with E-state index >= 15 is 0 Å². The number of ether oxygens (including phenoxy) is 1. The third kappa shape index (κ3) is 5.37. The van der Waals surface area contributed by atoms with Crippen LogP contribution in [-0.4, -0.2) is 32.8 Å². The van der Waals surface area contributed by atoms with E-state index in [0.29, 0.717) is 18.8 Å². The molecule has 4 nitrogen and oxygen atoms in total. The van der Waals surface area contributed by atoms with Crippen LogP contribution in [0.15, 0.2) is 18.2 Å². The van der Waals surface area contributed by atoms with Gasteiger partial charge < -0.3 is 4.74 Å². The zero-order valence-corrected chi connectivity index (χ0v) is 12.1. The van der Waals surface area contributed by atoms with Gasteiger partial charge >= 0.3 is 6.18 Å². The topological polar surface area (TPSA) is 60.4 Å². The van der Waals surface area contributed by atoms with Crippen LogP contribution in [0.2, 0.25) is 0 Å². The predicted octanol–water partition coefficient (Wildman–Crippen LogP) is 2.72. The molecule has 0 aliphatic heterocycles. The molecule has 0 bridgehead atoms. The van der Waals surface area contributed by atoms with Gasteiger partial charge in [-0.15, -0.1) is 0 Å². The molecule has 0 radical (unpaired) electrons. The molecule has 0 heterocycles. The Hall–Kier alpha value is -1.57. The standard InChI is InChI=1S/C13H15F3O4S/c1-2-6-21(18,19)7-5-20-12-4-3-10(9-17)8-11(12)13(14,15)16/h3-4,8-9H,2,5-7H2,1H3. The molecule has 1 aromatic carbocycles. The third-order valence-electron chi connectivity index (χ3n) is 2.61. The van der Waals surface area contributed by atoms with E-state index in [-0.39, 0.29) is 23.7 Å². The number of hydrogen-bond donors (Lipinski definition) is 0. The molecule has 1 aromatic rings. The second kappa shape index (κ2) is 6.93. The van der Waals surface area contributed by atoms with Crippen molar-refractivity contribution in [1.29, 1.82) is 0 Å². The Morgan fingerprint density at radius 3 is 2.43 bits per heavy atom. The molecule has 0 aliphatic rings. The summed E-state index contributed by atoms with van der Waals surface area (Å²) in [7, 11) is -3.33. The summed E-state index contributed by atoms with van der Waals surface area (Å²) >= 11 is 0. The second-order valence-corrected chi connectivity index (χ2v) is 6.68. The molecule has 118 valence electrons. The summed E-state index contributed by atoms with van der Waals surface area (Å²) in [5, 5.41) is 0. The van der Waals surface area contributed by atoms with E-state index in [1.54, 1.807) is 6.92 Å². The Morgan fingerprint density at radius 1 is 1.24 bits per heavy atom. The molecular formula is C13H15F3O4S. The maximum atomic E-state index is 12.8. The highest BCUT2D eigenvalue weighted by Gasteiger charge is 2.34. The summed E-state index contributed by atoms with van der Waals surface area (Å²) < 4.78 is 66.3. The fourth-order valence-corrected chi connectivity index (χ4v) is 2.82. The van der Waals surface area contributed by atoms with Crippen molar-refractivity contribution in [2.24, 2.45) is 0 Å². The molecule has 21 heavy (non-hydrogen) atoms. The van der Waals surface area contributed by atoms with E-state index in [9.17, 15) is 26.4 Å². The average Bonchev–Trinajstić information content (AvgIpc) is 2.37. The minimum atomic E-state index is -4.68. The normalized spacial score (nSPS) is 12.2. The summed E-state index contributed by atoms with van der Waals surface area (Å²) in [6.45, 7) is 1.32. The minimum absolute atomic E-state index is 0.0352. The van der Waals surface area contributed by atoms with Crippen LogP contribution in [0.5, 0.6) is 5.75 Å².